The highest BCUT2D eigenvalue weighted by atomic mass is 79.9. The molecule has 1 fully saturated rings. The Morgan fingerprint density at radius 3 is 2.50 bits per heavy atom. The van der Waals surface area contributed by atoms with Crippen LogP contribution in [-0.4, -0.2) is 5.66 Å². The van der Waals surface area contributed by atoms with Crippen molar-refractivity contribution in [2.75, 3.05) is 0 Å². The summed E-state index contributed by atoms with van der Waals surface area (Å²) in [5, 5.41) is 1.51. The summed E-state index contributed by atoms with van der Waals surface area (Å²) in [6, 6.07) is 8.66. The maximum atomic E-state index is 3.63. The van der Waals surface area contributed by atoms with Crippen molar-refractivity contribution in [1.29, 1.82) is 0 Å². The summed E-state index contributed by atoms with van der Waals surface area (Å²) in [7, 11) is 1.01. The summed E-state index contributed by atoms with van der Waals surface area (Å²) in [4.78, 5) is 0. The van der Waals surface area contributed by atoms with Gasteiger partial charge in [0.25, 0.3) is 0 Å². The zero-order valence-corrected chi connectivity index (χ0v) is 10.9. The molecule has 0 N–H and O–H groups in total. The van der Waals surface area contributed by atoms with E-state index >= 15 is 0 Å². The van der Waals surface area contributed by atoms with Crippen LogP contribution < -0.4 is 5.30 Å². The van der Waals surface area contributed by atoms with Crippen molar-refractivity contribution in [3.63, 3.8) is 0 Å². The minimum absolute atomic E-state index is 0.961. The van der Waals surface area contributed by atoms with E-state index in [0.29, 0.717) is 0 Å². The van der Waals surface area contributed by atoms with Crippen LogP contribution in [0.3, 0.4) is 0 Å². The third-order valence-corrected chi connectivity index (χ3v) is 5.63. The fourth-order valence-corrected chi connectivity index (χ4v) is 4.22. The first-order valence-electron chi connectivity index (χ1n) is 5.37. The molecule has 0 saturated heterocycles. The predicted molar refractivity (Wildman–Crippen MR) is 69.0 cm³/mol. The Bertz CT molecular complexity index is 292. The molecule has 0 aromatic heterocycles. The summed E-state index contributed by atoms with van der Waals surface area (Å²) < 4.78 is 1.30. The fourth-order valence-electron chi connectivity index (χ4n) is 2.05. The van der Waals surface area contributed by atoms with Crippen LogP contribution in [0.15, 0.2) is 28.7 Å². The molecule has 1 unspecified atom stereocenters. The minimum atomic E-state index is 0.961. The van der Waals surface area contributed by atoms with Gasteiger partial charge in [-0.2, -0.15) is 0 Å². The average Bonchev–Trinajstić information content (AvgIpc) is 2.23. The van der Waals surface area contributed by atoms with Crippen LogP contribution in [0.2, 0.25) is 0 Å². The first-order valence-corrected chi connectivity index (χ1v) is 7.24. The smallest absolute Gasteiger partial charge is 0.0249 e. The maximum Gasteiger partial charge on any atom is 0.0249 e. The SMILES string of the molecule is Brc1ccccc1PC1CCCCC1. The molecule has 1 aromatic carbocycles. The van der Waals surface area contributed by atoms with Gasteiger partial charge in [0, 0.05) is 4.47 Å². The molecule has 0 spiro atoms. The van der Waals surface area contributed by atoms with Crippen molar-refractivity contribution in [3.8, 4) is 0 Å². The highest BCUT2D eigenvalue weighted by molar-refractivity contribution is 9.10. The molecule has 0 radical (unpaired) electrons. The zero-order chi connectivity index (χ0) is 9.80. The van der Waals surface area contributed by atoms with Crippen LogP contribution in [0.5, 0.6) is 0 Å². The number of hydrogen-bond acceptors (Lipinski definition) is 0. The van der Waals surface area contributed by atoms with E-state index in [1.807, 2.05) is 0 Å². The lowest BCUT2D eigenvalue weighted by atomic mass is 10.0. The molecule has 76 valence electrons. The van der Waals surface area contributed by atoms with E-state index in [1.54, 1.807) is 0 Å². The Kier molecular flexibility index (Phi) is 4.01. The van der Waals surface area contributed by atoms with Crippen LogP contribution in [0.4, 0.5) is 0 Å². The fraction of sp³-hybridized carbons (Fsp3) is 0.500. The molecule has 0 amide bonds. The standard InChI is InChI=1S/C12H16BrP/c13-11-8-4-5-9-12(11)14-10-6-2-1-3-7-10/h4-5,8-10,14H,1-3,6-7H2. The van der Waals surface area contributed by atoms with Gasteiger partial charge in [0.15, 0.2) is 0 Å². The van der Waals surface area contributed by atoms with E-state index in [2.05, 4.69) is 40.2 Å². The first-order chi connectivity index (χ1) is 6.86. The molecule has 0 bridgehead atoms. The Morgan fingerprint density at radius 1 is 1.07 bits per heavy atom. The van der Waals surface area contributed by atoms with Gasteiger partial charge in [-0.05, 0) is 29.9 Å². The Balaban J connectivity index is 1.99. The van der Waals surface area contributed by atoms with Crippen LogP contribution >= 0.6 is 24.5 Å². The molecule has 0 aliphatic heterocycles. The van der Waals surface area contributed by atoms with E-state index < -0.39 is 0 Å². The summed E-state index contributed by atoms with van der Waals surface area (Å²) in [6.45, 7) is 0. The molecule has 1 aromatic rings. The Labute approximate surface area is 96.4 Å². The minimum Gasteiger partial charge on any atom is -0.0860 e. The van der Waals surface area contributed by atoms with Crippen LogP contribution in [0.1, 0.15) is 32.1 Å². The number of rotatable bonds is 2. The first kappa shape index (κ1) is 10.6. The topological polar surface area (TPSA) is 0 Å². The molecule has 2 heteroatoms. The van der Waals surface area contributed by atoms with Gasteiger partial charge in [0.05, 0.1) is 0 Å². The molecule has 14 heavy (non-hydrogen) atoms. The average molecular weight is 271 g/mol. The summed E-state index contributed by atoms with van der Waals surface area (Å²) in [6.07, 6.45) is 7.24. The van der Waals surface area contributed by atoms with E-state index in [0.717, 1.165) is 14.2 Å². The monoisotopic (exact) mass is 270 g/mol. The van der Waals surface area contributed by atoms with E-state index in [4.69, 9.17) is 0 Å². The number of halogens is 1. The van der Waals surface area contributed by atoms with Crippen molar-refractivity contribution < 1.29 is 0 Å². The van der Waals surface area contributed by atoms with Crippen molar-refractivity contribution >= 4 is 29.8 Å². The van der Waals surface area contributed by atoms with Gasteiger partial charge in [-0.1, -0.05) is 62.0 Å². The highest BCUT2D eigenvalue weighted by Crippen LogP contribution is 2.33. The lowest BCUT2D eigenvalue weighted by molar-refractivity contribution is 0.514. The van der Waals surface area contributed by atoms with Gasteiger partial charge in [-0.3, -0.25) is 0 Å². The second kappa shape index (κ2) is 5.28. The van der Waals surface area contributed by atoms with Gasteiger partial charge in [-0.25, -0.2) is 0 Å². The molecule has 1 aliphatic rings. The van der Waals surface area contributed by atoms with Crippen molar-refractivity contribution in [2.24, 2.45) is 0 Å². The van der Waals surface area contributed by atoms with Gasteiger partial charge < -0.3 is 0 Å². The molecule has 1 atom stereocenters. The quantitative estimate of drug-likeness (QED) is 0.711. The number of hydrogen-bond donors (Lipinski definition) is 0. The second-order valence-electron chi connectivity index (χ2n) is 3.96. The molecule has 0 heterocycles. The van der Waals surface area contributed by atoms with Crippen molar-refractivity contribution in [3.05, 3.63) is 28.7 Å². The van der Waals surface area contributed by atoms with E-state index in [1.165, 1.54) is 41.9 Å². The summed E-state index contributed by atoms with van der Waals surface area (Å²) in [5.41, 5.74) is 0.961. The van der Waals surface area contributed by atoms with Gasteiger partial charge in [-0.15, -0.1) is 0 Å². The third kappa shape index (κ3) is 2.81. The van der Waals surface area contributed by atoms with Gasteiger partial charge in [0.1, 0.15) is 0 Å². The zero-order valence-electron chi connectivity index (χ0n) is 8.30. The van der Waals surface area contributed by atoms with Crippen molar-refractivity contribution in [1.82, 2.24) is 0 Å². The lowest BCUT2D eigenvalue weighted by Gasteiger charge is -2.21. The van der Waals surface area contributed by atoms with Crippen LogP contribution in [0.25, 0.3) is 0 Å². The molecular weight excluding hydrogens is 255 g/mol. The van der Waals surface area contributed by atoms with E-state index in [9.17, 15) is 0 Å². The second-order valence-corrected chi connectivity index (χ2v) is 6.46. The molecular formula is C12H16BrP. The van der Waals surface area contributed by atoms with Gasteiger partial charge >= 0.3 is 0 Å². The summed E-state index contributed by atoms with van der Waals surface area (Å²) in [5.74, 6) is 0. The molecule has 0 nitrogen and oxygen atoms in total. The van der Waals surface area contributed by atoms with Crippen LogP contribution in [0, 0.1) is 0 Å². The maximum absolute atomic E-state index is 3.63. The number of benzene rings is 1. The lowest BCUT2D eigenvalue weighted by Crippen LogP contribution is -2.11. The van der Waals surface area contributed by atoms with E-state index in [-0.39, 0.29) is 0 Å². The molecule has 1 saturated carbocycles. The summed E-state index contributed by atoms with van der Waals surface area (Å²) >= 11 is 3.63. The van der Waals surface area contributed by atoms with Crippen LogP contribution in [-0.2, 0) is 0 Å². The predicted octanol–water partition coefficient (Wildman–Crippen LogP) is 4.09. The normalized spacial score (nSPS) is 19.2. The molecule has 2 rings (SSSR count). The van der Waals surface area contributed by atoms with Crippen molar-refractivity contribution in [2.45, 2.75) is 37.8 Å². The third-order valence-electron chi connectivity index (χ3n) is 2.84. The Hall–Kier alpha value is 0.130. The molecule has 1 aliphatic carbocycles. The Morgan fingerprint density at radius 2 is 1.79 bits per heavy atom. The largest absolute Gasteiger partial charge is 0.0860 e. The highest BCUT2D eigenvalue weighted by Gasteiger charge is 2.14. The van der Waals surface area contributed by atoms with Gasteiger partial charge in [0.2, 0.25) is 0 Å².